The molecule has 3 heteroatoms. The van der Waals surface area contributed by atoms with E-state index in [-0.39, 0.29) is 5.78 Å². The molecular formula is C17H18N2O. The van der Waals surface area contributed by atoms with Crippen LogP contribution < -0.4 is 5.32 Å². The molecule has 0 saturated heterocycles. The SMILES string of the molecule is CC(=CC(=O)c1ccc(C)cc1)NCc1cccnc1. The summed E-state index contributed by atoms with van der Waals surface area (Å²) in [5.74, 6) is 0.0150. The second kappa shape index (κ2) is 6.66. The molecule has 0 aliphatic carbocycles. The predicted octanol–water partition coefficient (Wildman–Crippen LogP) is 3.27. The number of carbonyl (C=O) groups is 1. The Balaban J connectivity index is 1.96. The van der Waals surface area contributed by atoms with Crippen LogP contribution in [0.3, 0.4) is 0 Å². The number of rotatable bonds is 5. The highest BCUT2D eigenvalue weighted by Crippen LogP contribution is 2.06. The van der Waals surface area contributed by atoms with Crippen LogP contribution >= 0.6 is 0 Å². The molecule has 0 radical (unpaired) electrons. The zero-order chi connectivity index (χ0) is 14.4. The van der Waals surface area contributed by atoms with E-state index >= 15 is 0 Å². The predicted molar refractivity (Wildman–Crippen MR) is 80.3 cm³/mol. The summed E-state index contributed by atoms with van der Waals surface area (Å²) in [6.07, 6.45) is 5.18. The summed E-state index contributed by atoms with van der Waals surface area (Å²) in [7, 11) is 0. The Morgan fingerprint density at radius 1 is 1.25 bits per heavy atom. The molecule has 0 atom stereocenters. The van der Waals surface area contributed by atoms with Crippen molar-refractivity contribution >= 4 is 5.78 Å². The van der Waals surface area contributed by atoms with Gasteiger partial charge in [0, 0.05) is 36.3 Å². The van der Waals surface area contributed by atoms with E-state index in [1.165, 1.54) is 0 Å². The van der Waals surface area contributed by atoms with Gasteiger partial charge in [-0.05, 0) is 25.5 Å². The molecule has 0 aliphatic heterocycles. The Labute approximate surface area is 119 Å². The number of carbonyl (C=O) groups excluding carboxylic acids is 1. The number of aromatic nitrogens is 1. The van der Waals surface area contributed by atoms with Crippen molar-refractivity contribution in [1.82, 2.24) is 10.3 Å². The molecule has 2 rings (SSSR count). The van der Waals surface area contributed by atoms with E-state index in [2.05, 4.69) is 10.3 Å². The summed E-state index contributed by atoms with van der Waals surface area (Å²) in [5, 5.41) is 3.21. The molecule has 20 heavy (non-hydrogen) atoms. The Morgan fingerprint density at radius 3 is 2.65 bits per heavy atom. The van der Waals surface area contributed by atoms with Gasteiger partial charge in [-0.3, -0.25) is 9.78 Å². The number of nitrogens with zero attached hydrogens (tertiary/aromatic N) is 1. The Bertz CT molecular complexity index is 601. The summed E-state index contributed by atoms with van der Waals surface area (Å²) < 4.78 is 0. The number of nitrogens with one attached hydrogen (secondary N) is 1. The molecule has 102 valence electrons. The third-order valence-electron chi connectivity index (χ3n) is 2.98. The van der Waals surface area contributed by atoms with Crippen LogP contribution in [0, 0.1) is 6.92 Å². The van der Waals surface area contributed by atoms with Crippen molar-refractivity contribution in [3.63, 3.8) is 0 Å². The van der Waals surface area contributed by atoms with Gasteiger partial charge in [-0.2, -0.15) is 0 Å². The molecule has 1 aromatic heterocycles. The van der Waals surface area contributed by atoms with Crippen LogP contribution in [0.4, 0.5) is 0 Å². The molecule has 0 unspecified atom stereocenters. The van der Waals surface area contributed by atoms with Crippen molar-refractivity contribution in [2.45, 2.75) is 20.4 Å². The van der Waals surface area contributed by atoms with Gasteiger partial charge in [0.2, 0.25) is 0 Å². The van der Waals surface area contributed by atoms with Gasteiger partial charge < -0.3 is 5.32 Å². The Kier molecular flexibility index (Phi) is 4.66. The number of ketones is 1. The number of aryl methyl sites for hydroxylation is 1. The fourth-order valence-electron chi connectivity index (χ4n) is 1.79. The van der Waals surface area contributed by atoms with Crippen LogP contribution in [0.25, 0.3) is 0 Å². The second-order valence-electron chi connectivity index (χ2n) is 4.77. The van der Waals surface area contributed by atoms with E-state index in [0.717, 1.165) is 16.8 Å². The molecule has 0 bridgehead atoms. The minimum absolute atomic E-state index is 0.0150. The van der Waals surface area contributed by atoms with E-state index in [4.69, 9.17) is 0 Å². The van der Waals surface area contributed by atoms with Crippen molar-refractivity contribution < 1.29 is 4.79 Å². The first kappa shape index (κ1) is 14.0. The summed E-state index contributed by atoms with van der Waals surface area (Å²) in [4.78, 5) is 16.1. The number of allylic oxidation sites excluding steroid dienone is 2. The summed E-state index contributed by atoms with van der Waals surface area (Å²) >= 11 is 0. The number of hydrogen-bond donors (Lipinski definition) is 1. The minimum Gasteiger partial charge on any atom is -0.384 e. The maximum absolute atomic E-state index is 12.0. The first-order chi connectivity index (χ1) is 9.65. The highest BCUT2D eigenvalue weighted by atomic mass is 16.1. The van der Waals surface area contributed by atoms with E-state index in [9.17, 15) is 4.79 Å². The van der Waals surface area contributed by atoms with Crippen molar-refractivity contribution in [2.75, 3.05) is 0 Å². The Hall–Kier alpha value is -2.42. The normalized spacial score (nSPS) is 11.2. The molecule has 0 fully saturated rings. The fourth-order valence-corrected chi connectivity index (χ4v) is 1.79. The smallest absolute Gasteiger partial charge is 0.187 e. The summed E-state index contributed by atoms with van der Waals surface area (Å²) in [6.45, 7) is 4.56. The van der Waals surface area contributed by atoms with Crippen molar-refractivity contribution in [1.29, 1.82) is 0 Å². The fraction of sp³-hybridized carbons (Fsp3) is 0.176. The molecule has 2 aromatic rings. The van der Waals surface area contributed by atoms with Gasteiger partial charge in [0.15, 0.2) is 5.78 Å². The largest absolute Gasteiger partial charge is 0.384 e. The van der Waals surface area contributed by atoms with Gasteiger partial charge in [0.1, 0.15) is 0 Å². The molecule has 1 N–H and O–H groups in total. The molecular weight excluding hydrogens is 248 g/mol. The van der Waals surface area contributed by atoms with E-state index < -0.39 is 0 Å². The van der Waals surface area contributed by atoms with Crippen LogP contribution in [0.1, 0.15) is 28.4 Å². The Morgan fingerprint density at radius 2 is 2.00 bits per heavy atom. The topological polar surface area (TPSA) is 42.0 Å². The lowest BCUT2D eigenvalue weighted by molar-refractivity contribution is 0.104. The summed E-state index contributed by atoms with van der Waals surface area (Å²) in [5.41, 5.74) is 3.79. The number of benzene rings is 1. The van der Waals surface area contributed by atoms with E-state index in [1.54, 1.807) is 12.3 Å². The van der Waals surface area contributed by atoms with Gasteiger partial charge in [0.05, 0.1) is 0 Å². The molecule has 1 heterocycles. The maximum Gasteiger partial charge on any atom is 0.187 e. The molecule has 3 nitrogen and oxygen atoms in total. The van der Waals surface area contributed by atoms with Gasteiger partial charge >= 0.3 is 0 Å². The van der Waals surface area contributed by atoms with Crippen molar-refractivity contribution in [3.05, 3.63) is 77.3 Å². The van der Waals surface area contributed by atoms with E-state index in [0.29, 0.717) is 12.1 Å². The second-order valence-corrected chi connectivity index (χ2v) is 4.77. The lowest BCUT2D eigenvalue weighted by atomic mass is 10.1. The first-order valence-corrected chi connectivity index (χ1v) is 6.57. The average Bonchev–Trinajstić information content (AvgIpc) is 2.47. The number of pyridine rings is 1. The minimum atomic E-state index is 0.0150. The molecule has 0 saturated carbocycles. The molecule has 0 aliphatic rings. The van der Waals surface area contributed by atoms with Gasteiger partial charge in [-0.1, -0.05) is 35.9 Å². The third-order valence-corrected chi connectivity index (χ3v) is 2.98. The van der Waals surface area contributed by atoms with Crippen LogP contribution in [-0.4, -0.2) is 10.8 Å². The third kappa shape index (κ3) is 4.05. The van der Waals surface area contributed by atoms with Gasteiger partial charge in [-0.25, -0.2) is 0 Å². The van der Waals surface area contributed by atoms with Gasteiger partial charge in [-0.15, -0.1) is 0 Å². The molecule has 0 amide bonds. The van der Waals surface area contributed by atoms with Crippen molar-refractivity contribution in [3.8, 4) is 0 Å². The standard InChI is InChI=1S/C17H18N2O/c1-13-5-7-16(8-6-13)17(20)10-14(2)19-12-15-4-3-9-18-11-15/h3-11,19H,12H2,1-2H3. The zero-order valence-corrected chi connectivity index (χ0v) is 11.8. The van der Waals surface area contributed by atoms with Crippen LogP contribution in [-0.2, 0) is 6.54 Å². The van der Waals surface area contributed by atoms with Crippen LogP contribution in [0.15, 0.2) is 60.6 Å². The monoisotopic (exact) mass is 266 g/mol. The zero-order valence-electron chi connectivity index (χ0n) is 11.8. The van der Waals surface area contributed by atoms with Crippen LogP contribution in [0.5, 0.6) is 0 Å². The highest BCUT2D eigenvalue weighted by molar-refractivity contribution is 6.04. The maximum atomic E-state index is 12.0. The number of hydrogen-bond acceptors (Lipinski definition) is 3. The molecule has 0 spiro atoms. The lowest BCUT2D eigenvalue weighted by Gasteiger charge is -2.06. The van der Waals surface area contributed by atoms with Crippen LogP contribution in [0.2, 0.25) is 0 Å². The quantitative estimate of drug-likeness (QED) is 0.667. The van der Waals surface area contributed by atoms with Gasteiger partial charge in [0.25, 0.3) is 0 Å². The highest BCUT2D eigenvalue weighted by Gasteiger charge is 2.02. The van der Waals surface area contributed by atoms with Crippen molar-refractivity contribution in [2.24, 2.45) is 0 Å². The molecule has 1 aromatic carbocycles. The van der Waals surface area contributed by atoms with E-state index in [1.807, 2.05) is 56.4 Å². The first-order valence-electron chi connectivity index (χ1n) is 6.57. The summed E-state index contributed by atoms with van der Waals surface area (Å²) in [6, 6.07) is 11.5. The average molecular weight is 266 g/mol. The lowest BCUT2D eigenvalue weighted by Crippen LogP contribution is -2.12.